The molecular formula is C22H26FNO4. The van der Waals surface area contributed by atoms with Gasteiger partial charge < -0.3 is 24.6 Å². The summed E-state index contributed by atoms with van der Waals surface area (Å²) < 4.78 is 24.9. The highest BCUT2D eigenvalue weighted by atomic mass is 19.1. The minimum Gasteiger partial charge on any atom is -0.497 e. The van der Waals surface area contributed by atoms with E-state index in [2.05, 4.69) is 4.90 Å². The highest BCUT2D eigenvalue weighted by molar-refractivity contribution is 5.38. The summed E-state index contributed by atoms with van der Waals surface area (Å²) in [4.78, 5) is 2.21. The van der Waals surface area contributed by atoms with E-state index in [1.165, 1.54) is 12.1 Å². The third-order valence-electron chi connectivity index (χ3n) is 5.90. The molecule has 0 aliphatic carbocycles. The summed E-state index contributed by atoms with van der Waals surface area (Å²) in [6.07, 6.45) is 0.673. The zero-order valence-corrected chi connectivity index (χ0v) is 16.0. The van der Waals surface area contributed by atoms with Crippen LogP contribution in [0.2, 0.25) is 0 Å². The number of halogens is 1. The molecular weight excluding hydrogens is 361 g/mol. The molecule has 0 radical (unpaired) electrons. The summed E-state index contributed by atoms with van der Waals surface area (Å²) in [7, 11) is 1.61. The zero-order valence-electron chi connectivity index (χ0n) is 16.0. The predicted molar refractivity (Wildman–Crippen MR) is 103 cm³/mol. The molecule has 2 aliphatic heterocycles. The van der Waals surface area contributed by atoms with Crippen LogP contribution in [0.1, 0.15) is 42.6 Å². The number of rotatable bonds is 4. The Balaban J connectivity index is 1.38. The van der Waals surface area contributed by atoms with Gasteiger partial charge in [0, 0.05) is 31.6 Å². The van der Waals surface area contributed by atoms with Gasteiger partial charge in [-0.05, 0) is 48.7 Å². The molecule has 1 fully saturated rings. The number of methoxy groups -OCH3 is 1. The second kappa shape index (κ2) is 7.70. The van der Waals surface area contributed by atoms with Crippen molar-refractivity contribution in [3.63, 3.8) is 0 Å². The van der Waals surface area contributed by atoms with Crippen molar-refractivity contribution in [3.05, 3.63) is 59.4 Å². The van der Waals surface area contributed by atoms with Crippen LogP contribution < -0.4 is 9.47 Å². The van der Waals surface area contributed by atoms with Crippen LogP contribution in [0.15, 0.2) is 42.5 Å². The van der Waals surface area contributed by atoms with Gasteiger partial charge in [-0.2, -0.15) is 0 Å². The third kappa shape index (κ3) is 3.85. The molecule has 0 unspecified atom stereocenters. The van der Waals surface area contributed by atoms with Gasteiger partial charge in [0.15, 0.2) is 0 Å². The molecule has 6 heteroatoms. The maximum Gasteiger partial charge on any atom is 0.126 e. The Labute approximate surface area is 164 Å². The molecule has 1 saturated heterocycles. The second-order valence-corrected chi connectivity index (χ2v) is 7.78. The van der Waals surface area contributed by atoms with Crippen molar-refractivity contribution in [2.24, 2.45) is 0 Å². The van der Waals surface area contributed by atoms with Crippen molar-refractivity contribution < 1.29 is 24.1 Å². The van der Waals surface area contributed by atoms with Crippen LogP contribution in [0.4, 0.5) is 4.39 Å². The van der Waals surface area contributed by atoms with E-state index in [1.54, 1.807) is 13.2 Å². The smallest absolute Gasteiger partial charge is 0.126 e. The van der Waals surface area contributed by atoms with Crippen molar-refractivity contribution >= 4 is 0 Å². The van der Waals surface area contributed by atoms with E-state index in [9.17, 15) is 14.6 Å². The van der Waals surface area contributed by atoms with Crippen LogP contribution in [-0.2, 0) is 0 Å². The summed E-state index contributed by atoms with van der Waals surface area (Å²) in [6.45, 7) is 2.07. The fourth-order valence-electron chi connectivity index (χ4n) is 4.26. The number of benzene rings is 2. The lowest BCUT2D eigenvalue weighted by Gasteiger charge is -2.46. The van der Waals surface area contributed by atoms with Crippen LogP contribution in [-0.4, -0.2) is 47.5 Å². The number of fused-ring (bicyclic) bond motifs is 1. The van der Waals surface area contributed by atoms with Gasteiger partial charge >= 0.3 is 0 Å². The van der Waals surface area contributed by atoms with Gasteiger partial charge in [0.05, 0.1) is 19.3 Å². The van der Waals surface area contributed by atoms with E-state index < -0.39 is 17.8 Å². The van der Waals surface area contributed by atoms with Gasteiger partial charge in [0.25, 0.3) is 0 Å². The van der Waals surface area contributed by atoms with Gasteiger partial charge in [-0.25, -0.2) is 4.39 Å². The molecule has 4 rings (SSSR count). The molecule has 28 heavy (non-hydrogen) atoms. The van der Waals surface area contributed by atoms with Gasteiger partial charge in [-0.1, -0.05) is 12.1 Å². The summed E-state index contributed by atoms with van der Waals surface area (Å²) in [5.41, 5.74) is 0.934. The van der Waals surface area contributed by atoms with Crippen LogP contribution >= 0.6 is 0 Å². The van der Waals surface area contributed by atoms with Crippen LogP contribution in [0.25, 0.3) is 0 Å². The van der Waals surface area contributed by atoms with E-state index in [0.717, 1.165) is 37.2 Å². The number of aliphatic hydroxyl groups is 2. The largest absolute Gasteiger partial charge is 0.497 e. The van der Waals surface area contributed by atoms with Gasteiger partial charge in [-0.15, -0.1) is 0 Å². The van der Waals surface area contributed by atoms with Gasteiger partial charge in [-0.3, -0.25) is 0 Å². The lowest BCUT2D eigenvalue weighted by molar-refractivity contribution is -0.0589. The van der Waals surface area contributed by atoms with Crippen LogP contribution in [0.5, 0.6) is 11.5 Å². The molecule has 2 aromatic rings. The number of hydrogen-bond acceptors (Lipinski definition) is 5. The molecule has 1 spiro atoms. The standard InChI is InChI=1S/C22H26FNO4/c1-27-17-4-2-3-15(11-17)20(26)14-24-9-7-22(8-10-24)13-19(25)18-12-16(23)5-6-21(18)28-22/h2-6,11-12,19-20,25-26H,7-10,13-14H2,1H3/t19-,20+/m1/s1. The Bertz CT molecular complexity index is 835. The van der Waals surface area contributed by atoms with Crippen molar-refractivity contribution in [2.75, 3.05) is 26.7 Å². The average molecular weight is 387 g/mol. The highest BCUT2D eigenvalue weighted by Gasteiger charge is 2.43. The number of aliphatic hydroxyl groups excluding tert-OH is 2. The van der Waals surface area contributed by atoms with Crippen molar-refractivity contribution in [3.8, 4) is 11.5 Å². The first-order valence-electron chi connectivity index (χ1n) is 9.69. The van der Waals surface area contributed by atoms with E-state index in [1.807, 2.05) is 24.3 Å². The first kappa shape index (κ1) is 19.2. The molecule has 2 heterocycles. The minimum atomic E-state index is -0.714. The van der Waals surface area contributed by atoms with Gasteiger partial charge in [0.1, 0.15) is 22.9 Å². The average Bonchev–Trinajstić information content (AvgIpc) is 2.70. The number of β-amino-alcohol motifs (C(OH)–C–C–N with tert-alkyl or cyclic N) is 1. The topological polar surface area (TPSA) is 62.2 Å². The van der Waals surface area contributed by atoms with E-state index in [4.69, 9.17) is 9.47 Å². The lowest BCUT2D eigenvalue weighted by atomic mass is 9.81. The van der Waals surface area contributed by atoms with Crippen molar-refractivity contribution in [1.29, 1.82) is 0 Å². The maximum absolute atomic E-state index is 13.5. The van der Waals surface area contributed by atoms with Crippen LogP contribution in [0.3, 0.4) is 0 Å². The van der Waals surface area contributed by atoms with Crippen molar-refractivity contribution in [2.45, 2.75) is 37.1 Å². The van der Waals surface area contributed by atoms with E-state index in [-0.39, 0.29) is 5.82 Å². The number of hydrogen-bond donors (Lipinski definition) is 2. The Hall–Kier alpha value is -2.15. The summed E-state index contributed by atoms with van der Waals surface area (Å²) in [5.74, 6) is 0.942. The molecule has 150 valence electrons. The quantitative estimate of drug-likeness (QED) is 0.844. The Morgan fingerprint density at radius 1 is 1.25 bits per heavy atom. The monoisotopic (exact) mass is 387 g/mol. The second-order valence-electron chi connectivity index (χ2n) is 7.78. The molecule has 0 aromatic heterocycles. The molecule has 0 amide bonds. The molecule has 2 aliphatic rings. The summed E-state index contributed by atoms with van der Waals surface area (Å²) in [5, 5.41) is 21.1. The SMILES string of the molecule is COc1cccc([C@@H](O)CN2CCC3(CC2)C[C@@H](O)c2cc(F)ccc2O3)c1. The predicted octanol–water partition coefficient (Wildman–Crippen LogP) is 3.22. The maximum atomic E-state index is 13.5. The highest BCUT2D eigenvalue weighted by Crippen LogP contribution is 2.44. The van der Waals surface area contributed by atoms with Crippen molar-refractivity contribution in [1.82, 2.24) is 4.90 Å². The summed E-state index contributed by atoms with van der Waals surface area (Å²) in [6, 6.07) is 11.8. The third-order valence-corrected chi connectivity index (χ3v) is 5.90. The fourth-order valence-corrected chi connectivity index (χ4v) is 4.26. The van der Waals surface area contributed by atoms with E-state index in [0.29, 0.717) is 24.3 Å². The number of piperidine rings is 1. The normalized spacial score (nSPS) is 22.4. The molecule has 2 atom stereocenters. The summed E-state index contributed by atoms with van der Waals surface area (Å²) >= 11 is 0. The molecule has 0 bridgehead atoms. The number of ether oxygens (including phenoxy) is 2. The number of nitrogens with zero attached hydrogens (tertiary/aromatic N) is 1. The molecule has 2 aromatic carbocycles. The molecule has 2 N–H and O–H groups in total. The number of likely N-dealkylation sites (tertiary alicyclic amines) is 1. The molecule has 0 saturated carbocycles. The first-order chi connectivity index (χ1) is 13.5. The first-order valence-corrected chi connectivity index (χ1v) is 9.69. The van der Waals surface area contributed by atoms with E-state index >= 15 is 0 Å². The fraction of sp³-hybridized carbons (Fsp3) is 0.455. The lowest BCUT2D eigenvalue weighted by Crippen LogP contribution is -2.51. The Morgan fingerprint density at radius 2 is 2.04 bits per heavy atom. The Kier molecular flexibility index (Phi) is 5.27. The Morgan fingerprint density at radius 3 is 2.79 bits per heavy atom. The van der Waals surface area contributed by atoms with Crippen LogP contribution in [0, 0.1) is 5.82 Å². The molecule has 5 nitrogen and oxygen atoms in total. The zero-order chi connectivity index (χ0) is 19.7. The minimum absolute atomic E-state index is 0.362. The van der Waals surface area contributed by atoms with Gasteiger partial charge in [0.2, 0.25) is 0 Å².